The summed E-state index contributed by atoms with van der Waals surface area (Å²) in [4.78, 5) is 64.4. The van der Waals surface area contributed by atoms with E-state index in [2.05, 4.69) is 0 Å². The molecule has 0 aliphatic heterocycles. The van der Waals surface area contributed by atoms with E-state index < -0.39 is 46.9 Å². The van der Waals surface area contributed by atoms with Gasteiger partial charge in [-0.05, 0) is 111 Å². The molecule has 0 amide bonds. The number of aliphatic carboxylic acids is 2. The van der Waals surface area contributed by atoms with Gasteiger partial charge < -0.3 is 61.3 Å². The van der Waals surface area contributed by atoms with Crippen LogP contribution in [0.5, 0.6) is 46.0 Å². The Morgan fingerprint density at radius 3 is 1.23 bits per heavy atom. The van der Waals surface area contributed by atoms with E-state index in [0.717, 1.165) is 92.3 Å². The largest absolute Gasteiger partial charge is 0.508 e. The van der Waals surface area contributed by atoms with E-state index in [-0.39, 0.29) is 53.4 Å². The van der Waals surface area contributed by atoms with Crippen LogP contribution in [-0.4, -0.2) is 96.7 Å². The summed E-state index contributed by atoms with van der Waals surface area (Å²) in [5.74, 6) is -6.69. The molecule has 0 saturated carbocycles. The average Bonchev–Trinajstić information content (AvgIpc) is 3.24. The number of hydrogen-bond acceptors (Lipinski definition) is 14. The van der Waals surface area contributed by atoms with Gasteiger partial charge in [0.15, 0.2) is 40.2 Å². The molecule has 0 aliphatic rings. The van der Waals surface area contributed by atoms with Crippen LogP contribution in [0.15, 0.2) is 66.7 Å². The third-order valence-corrected chi connectivity index (χ3v) is 9.41. The van der Waals surface area contributed by atoms with E-state index in [1.807, 2.05) is 19.1 Å². The number of unbranched alkanes of at least 4 members (excludes halogenated alkanes) is 5. The van der Waals surface area contributed by atoms with Crippen LogP contribution >= 0.6 is 0 Å². The Balaban J connectivity index is 0.000000455. The lowest BCUT2D eigenvalue weighted by atomic mass is 10.0. The molecule has 0 spiro atoms. The first-order valence-electron chi connectivity index (χ1n) is 20.6. The number of aromatic hydroxyl groups is 8. The number of ketones is 2. The minimum Gasteiger partial charge on any atom is -0.508 e. The van der Waals surface area contributed by atoms with Gasteiger partial charge in [-0.3, -0.25) is 19.2 Å². The monoisotopic (exact) mass is 910 g/mol. The molecule has 4 aromatic carbocycles. The predicted molar refractivity (Wildman–Crippen MR) is 235 cm³/mol. The summed E-state index contributed by atoms with van der Waals surface area (Å²) in [5, 5.41) is 106. The van der Waals surface area contributed by atoms with Crippen molar-refractivity contribution < 1.29 is 90.0 Å². The molecule has 65 heavy (non-hydrogen) atoms. The maximum absolute atomic E-state index is 11.8. The maximum Gasteiger partial charge on any atom is 0.335 e. The van der Waals surface area contributed by atoms with E-state index in [4.69, 9.17) is 51.1 Å². The van der Waals surface area contributed by atoms with Crippen LogP contribution in [0.25, 0.3) is 0 Å². The SMILES string of the molecule is Cc1ccc(CCCC(=O)CCCCCCCCC(=O)O)cc1O.O=C(O)CCC(=O)CCCc1ccc(O)c(O)c1.O=C(O)c1cc(O)c(O)c(O)c1.O=C(O)c1ccc(O)c(O)c1. The number of carbonyl (C=O) groups excluding carboxylic acids is 2. The van der Waals surface area contributed by atoms with Gasteiger partial charge in [-0.1, -0.05) is 43.9 Å². The lowest BCUT2D eigenvalue weighted by molar-refractivity contribution is -0.138. The average molecular weight is 911 g/mol. The lowest BCUT2D eigenvalue weighted by Gasteiger charge is -2.05. The number of benzene rings is 4. The summed E-state index contributed by atoms with van der Waals surface area (Å²) in [7, 11) is 0. The number of carboxylic acid groups (broad SMARTS) is 4. The summed E-state index contributed by atoms with van der Waals surface area (Å²) >= 11 is 0. The predicted octanol–water partition coefficient (Wildman–Crippen LogP) is 7.95. The maximum atomic E-state index is 11.8. The Labute approximate surface area is 375 Å². The highest BCUT2D eigenvalue weighted by molar-refractivity contribution is 5.89. The van der Waals surface area contributed by atoms with Crippen LogP contribution in [0.3, 0.4) is 0 Å². The van der Waals surface area contributed by atoms with E-state index in [9.17, 15) is 39.0 Å². The van der Waals surface area contributed by atoms with Crippen LogP contribution in [-0.2, 0) is 32.0 Å². The number of carboxylic acids is 4. The van der Waals surface area contributed by atoms with Crippen LogP contribution in [0.2, 0.25) is 0 Å². The summed E-state index contributed by atoms with van der Waals surface area (Å²) in [6.07, 6.45) is 10.5. The smallest absolute Gasteiger partial charge is 0.335 e. The van der Waals surface area contributed by atoms with Crippen molar-refractivity contribution in [2.24, 2.45) is 0 Å². The van der Waals surface area contributed by atoms with Crippen LogP contribution < -0.4 is 0 Å². The van der Waals surface area contributed by atoms with Gasteiger partial charge >= 0.3 is 23.9 Å². The number of aryl methyl sites for hydroxylation is 3. The van der Waals surface area contributed by atoms with Crippen molar-refractivity contribution in [3.8, 4) is 46.0 Å². The summed E-state index contributed by atoms with van der Waals surface area (Å²) < 4.78 is 0. The number of aromatic carboxylic acids is 2. The number of phenols is 8. The van der Waals surface area contributed by atoms with E-state index in [0.29, 0.717) is 43.6 Å². The van der Waals surface area contributed by atoms with Crippen molar-refractivity contribution in [2.45, 2.75) is 110 Å². The van der Waals surface area contributed by atoms with Crippen molar-refractivity contribution in [1.29, 1.82) is 0 Å². The van der Waals surface area contributed by atoms with Crippen molar-refractivity contribution in [1.82, 2.24) is 0 Å². The molecule has 0 aromatic heterocycles. The minimum absolute atomic E-state index is 0.0553. The van der Waals surface area contributed by atoms with Gasteiger partial charge in [-0.2, -0.15) is 0 Å². The second-order valence-electron chi connectivity index (χ2n) is 14.8. The second kappa shape index (κ2) is 29.7. The highest BCUT2D eigenvalue weighted by Gasteiger charge is 2.12. The molecule has 354 valence electrons. The molecular formula is C47H58O18. The van der Waals surface area contributed by atoms with Crippen molar-refractivity contribution in [2.75, 3.05) is 0 Å². The van der Waals surface area contributed by atoms with Gasteiger partial charge in [0.05, 0.1) is 17.5 Å². The molecule has 18 nitrogen and oxygen atoms in total. The van der Waals surface area contributed by atoms with E-state index >= 15 is 0 Å². The molecule has 0 heterocycles. The summed E-state index contributed by atoms with van der Waals surface area (Å²) in [6.45, 7) is 1.87. The van der Waals surface area contributed by atoms with Gasteiger partial charge in [0.2, 0.25) is 0 Å². The zero-order chi connectivity index (χ0) is 49.1. The van der Waals surface area contributed by atoms with Crippen LogP contribution in [0.4, 0.5) is 0 Å². The third kappa shape index (κ3) is 24.1. The fourth-order valence-corrected chi connectivity index (χ4v) is 5.70. The van der Waals surface area contributed by atoms with E-state index in [1.165, 1.54) is 18.2 Å². The van der Waals surface area contributed by atoms with E-state index in [1.54, 1.807) is 12.1 Å². The highest BCUT2D eigenvalue weighted by atomic mass is 16.4. The normalized spacial score (nSPS) is 10.2. The Morgan fingerprint density at radius 2 is 0.769 bits per heavy atom. The van der Waals surface area contributed by atoms with Crippen molar-refractivity contribution in [3.05, 3.63) is 94.5 Å². The molecule has 0 radical (unpaired) electrons. The number of rotatable bonds is 22. The first kappa shape index (κ1) is 55.5. The van der Waals surface area contributed by atoms with Crippen LogP contribution in [0.1, 0.15) is 127 Å². The molecule has 4 aromatic rings. The molecule has 18 heteroatoms. The molecule has 12 N–H and O–H groups in total. The first-order valence-corrected chi connectivity index (χ1v) is 20.6. The van der Waals surface area contributed by atoms with Gasteiger partial charge in [-0.15, -0.1) is 0 Å². The molecule has 0 bridgehead atoms. The Hall–Kier alpha value is -7.50. The second-order valence-corrected chi connectivity index (χ2v) is 14.8. The number of Topliss-reactive ketones (excluding diaryl/α,β-unsaturated/α-hetero) is 2. The number of carbonyl (C=O) groups is 6. The van der Waals surface area contributed by atoms with Crippen molar-refractivity contribution >= 4 is 35.4 Å². The third-order valence-electron chi connectivity index (χ3n) is 9.41. The number of phenolic OH excluding ortho intramolecular Hbond substituents is 8. The molecular weight excluding hydrogens is 852 g/mol. The van der Waals surface area contributed by atoms with Crippen LogP contribution in [0, 0.1) is 6.92 Å². The molecule has 0 unspecified atom stereocenters. The minimum atomic E-state index is -1.29. The Morgan fingerprint density at radius 1 is 0.369 bits per heavy atom. The number of hydrogen-bond donors (Lipinski definition) is 12. The molecule has 0 atom stereocenters. The molecule has 0 fully saturated rings. The Kier molecular flexibility index (Phi) is 25.4. The lowest BCUT2D eigenvalue weighted by Crippen LogP contribution is -2.03. The molecule has 4 rings (SSSR count). The molecule has 0 aliphatic carbocycles. The highest BCUT2D eigenvalue weighted by Crippen LogP contribution is 2.35. The quantitative estimate of drug-likeness (QED) is 0.0263. The van der Waals surface area contributed by atoms with Gasteiger partial charge in [0.25, 0.3) is 0 Å². The zero-order valence-corrected chi connectivity index (χ0v) is 36.0. The summed E-state index contributed by atoms with van der Waals surface area (Å²) in [6, 6.07) is 15.2. The van der Waals surface area contributed by atoms with Gasteiger partial charge in [0.1, 0.15) is 17.3 Å². The topological polar surface area (TPSA) is 345 Å². The first-order chi connectivity index (χ1) is 30.6. The molecule has 0 saturated heterocycles. The fourth-order valence-electron chi connectivity index (χ4n) is 5.70. The summed E-state index contributed by atoms with van der Waals surface area (Å²) in [5.41, 5.74) is 2.43. The zero-order valence-electron chi connectivity index (χ0n) is 36.0. The van der Waals surface area contributed by atoms with Gasteiger partial charge in [0, 0.05) is 32.1 Å². The van der Waals surface area contributed by atoms with Crippen molar-refractivity contribution in [3.63, 3.8) is 0 Å². The fraction of sp³-hybridized carbons (Fsp3) is 0.362. The van der Waals surface area contributed by atoms with Gasteiger partial charge in [-0.25, -0.2) is 9.59 Å². The Bertz CT molecular complexity index is 2170. The standard InChI is InChI=1S/C20H30O4.C13H16O5.C7H6O5.C7H6O4/c1-16-13-14-17(15-19(16)22)9-8-11-18(21)10-6-4-2-3-5-7-12-20(23)24;14-10(5-7-13(17)18)3-1-2-9-4-6-11(15)12(16)8-9;8-4-1-3(7(11)12)2-5(9)6(4)10;8-5-2-1-4(7(10)11)3-6(5)9/h13-15,22H,2-12H2,1H3,(H,23,24);4,6,8,15-16H,1-3,5,7H2,(H,17,18);1-2,8-10H,(H,11,12);1-3,8-9H,(H,10,11).